The number of nitrogens with one attached hydrogen (secondary N) is 1. The molecule has 0 radical (unpaired) electrons. The molecule has 0 aliphatic carbocycles. The van der Waals surface area contributed by atoms with Crippen LogP contribution in [0.15, 0.2) is 12.1 Å². The molecule has 4 nitrogen and oxygen atoms in total. The van der Waals surface area contributed by atoms with Crippen LogP contribution in [0.5, 0.6) is 11.5 Å². The van der Waals surface area contributed by atoms with E-state index in [1.54, 1.807) is 14.2 Å². The van der Waals surface area contributed by atoms with Crippen LogP contribution in [0.3, 0.4) is 0 Å². The predicted molar refractivity (Wildman–Crippen MR) is 66.2 cm³/mol. The first-order valence-corrected chi connectivity index (χ1v) is 5.46. The van der Waals surface area contributed by atoms with Gasteiger partial charge in [-0.15, -0.1) is 0 Å². The highest BCUT2D eigenvalue weighted by molar-refractivity contribution is 5.46. The molecule has 0 spiro atoms. The Kier molecular flexibility index (Phi) is 4.80. The van der Waals surface area contributed by atoms with Gasteiger partial charge in [-0.05, 0) is 25.5 Å². The standard InChI is InChI=1S/C13H18N2O2/c1-9-5-11(16-3)6-13(17-4)12(9)8-15-10(2)7-14/h5-6,10,15H,8H2,1-4H3. The molecule has 0 heterocycles. The SMILES string of the molecule is COc1cc(C)c(CNC(C)C#N)c(OC)c1. The molecule has 1 aromatic carbocycles. The molecule has 0 aromatic heterocycles. The number of ether oxygens (including phenoxy) is 2. The molecule has 4 heteroatoms. The number of nitriles is 1. The fraction of sp³-hybridized carbons (Fsp3) is 0.462. The van der Waals surface area contributed by atoms with Crippen molar-refractivity contribution in [3.8, 4) is 17.6 Å². The van der Waals surface area contributed by atoms with Crippen LogP contribution in [0.2, 0.25) is 0 Å². The number of hydrogen-bond donors (Lipinski definition) is 1. The maximum absolute atomic E-state index is 8.73. The second kappa shape index (κ2) is 6.12. The van der Waals surface area contributed by atoms with Crippen molar-refractivity contribution in [2.75, 3.05) is 14.2 Å². The summed E-state index contributed by atoms with van der Waals surface area (Å²) in [7, 11) is 3.26. The Balaban J connectivity index is 2.94. The highest BCUT2D eigenvalue weighted by Crippen LogP contribution is 2.28. The summed E-state index contributed by atoms with van der Waals surface area (Å²) in [5.41, 5.74) is 2.13. The summed E-state index contributed by atoms with van der Waals surface area (Å²) >= 11 is 0. The van der Waals surface area contributed by atoms with Gasteiger partial charge in [-0.25, -0.2) is 0 Å². The quantitative estimate of drug-likeness (QED) is 0.846. The minimum atomic E-state index is -0.179. The van der Waals surface area contributed by atoms with E-state index in [1.165, 1.54) is 0 Å². The van der Waals surface area contributed by atoms with E-state index in [9.17, 15) is 0 Å². The average molecular weight is 234 g/mol. The molecule has 0 amide bonds. The number of benzene rings is 1. The van der Waals surface area contributed by atoms with Gasteiger partial charge in [-0.1, -0.05) is 0 Å². The lowest BCUT2D eigenvalue weighted by Crippen LogP contribution is -2.24. The van der Waals surface area contributed by atoms with Gasteiger partial charge in [0.05, 0.1) is 26.3 Å². The fourth-order valence-electron chi connectivity index (χ4n) is 1.58. The molecule has 17 heavy (non-hydrogen) atoms. The van der Waals surface area contributed by atoms with Gasteiger partial charge >= 0.3 is 0 Å². The normalized spacial score (nSPS) is 11.7. The summed E-state index contributed by atoms with van der Waals surface area (Å²) in [6, 6.07) is 5.76. The highest BCUT2D eigenvalue weighted by atomic mass is 16.5. The highest BCUT2D eigenvalue weighted by Gasteiger charge is 2.10. The van der Waals surface area contributed by atoms with Crippen molar-refractivity contribution in [2.45, 2.75) is 26.4 Å². The van der Waals surface area contributed by atoms with Crippen molar-refractivity contribution in [3.63, 3.8) is 0 Å². The molecule has 0 bridgehead atoms. The minimum Gasteiger partial charge on any atom is -0.497 e. The molecular formula is C13H18N2O2. The maximum atomic E-state index is 8.73. The maximum Gasteiger partial charge on any atom is 0.127 e. The van der Waals surface area contributed by atoms with Gasteiger partial charge < -0.3 is 9.47 Å². The molecule has 0 fully saturated rings. The van der Waals surface area contributed by atoms with E-state index < -0.39 is 0 Å². The molecule has 1 atom stereocenters. The Morgan fingerprint density at radius 1 is 1.35 bits per heavy atom. The third-order valence-corrected chi connectivity index (χ3v) is 2.64. The molecule has 0 saturated heterocycles. The van der Waals surface area contributed by atoms with Crippen molar-refractivity contribution in [1.82, 2.24) is 5.32 Å². The molecule has 92 valence electrons. The van der Waals surface area contributed by atoms with Gasteiger partial charge in [0.25, 0.3) is 0 Å². The van der Waals surface area contributed by atoms with E-state index in [-0.39, 0.29) is 6.04 Å². The number of rotatable bonds is 5. The van der Waals surface area contributed by atoms with Crippen molar-refractivity contribution >= 4 is 0 Å². The van der Waals surface area contributed by atoms with E-state index in [0.29, 0.717) is 6.54 Å². The smallest absolute Gasteiger partial charge is 0.127 e. The molecule has 0 aliphatic heterocycles. The van der Waals surface area contributed by atoms with Crippen molar-refractivity contribution < 1.29 is 9.47 Å². The van der Waals surface area contributed by atoms with Gasteiger partial charge in [0, 0.05) is 18.2 Å². The molecular weight excluding hydrogens is 216 g/mol. The van der Waals surface area contributed by atoms with Gasteiger partial charge in [-0.2, -0.15) is 5.26 Å². The fourth-order valence-corrected chi connectivity index (χ4v) is 1.58. The van der Waals surface area contributed by atoms with E-state index in [4.69, 9.17) is 14.7 Å². The van der Waals surface area contributed by atoms with Crippen molar-refractivity contribution in [2.24, 2.45) is 0 Å². The lowest BCUT2D eigenvalue weighted by atomic mass is 10.1. The third-order valence-electron chi connectivity index (χ3n) is 2.64. The zero-order valence-electron chi connectivity index (χ0n) is 10.7. The van der Waals surface area contributed by atoms with Crippen LogP contribution in [-0.2, 0) is 6.54 Å². The summed E-state index contributed by atoms with van der Waals surface area (Å²) in [5.74, 6) is 1.55. The molecule has 1 unspecified atom stereocenters. The number of hydrogen-bond acceptors (Lipinski definition) is 4. The first-order chi connectivity index (χ1) is 8.12. The molecule has 0 saturated carbocycles. The molecule has 1 N–H and O–H groups in total. The largest absolute Gasteiger partial charge is 0.497 e. The van der Waals surface area contributed by atoms with Gasteiger partial charge in [0.1, 0.15) is 11.5 Å². The van der Waals surface area contributed by atoms with Crippen molar-refractivity contribution in [1.29, 1.82) is 5.26 Å². The Morgan fingerprint density at radius 2 is 2.06 bits per heavy atom. The van der Waals surface area contributed by atoms with Crippen LogP contribution >= 0.6 is 0 Å². The lowest BCUT2D eigenvalue weighted by molar-refractivity contribution is 0.388. The van der Waals surface area contributed by atoms with Gasteiger partial charge in [0.15, 0.2) is 0 Å². The summed E-state index contributed by atoms with van der Waals surface area (Å²) in [6.45, 7) is 4.43. The Bertz CT molecular complexity index is 424. The van der Waals surface area contributed by atoms with Crippen molar-refractivity contribution in [3.05, 3.63) is 23.3 Å². The van der Waals surface area contributed by atoms with Gasteiger partial charge in [-0.3, -0.25) is 5.32 Å². The topological polar surface area (TPSA) is 54.3 Å². The van der Waals surface area contributed by atoms with Crippen LogP contribution in [0.4, 0.5) is 0 Å². The summed E-state index contributed by atoms with van der Waals surface area (Å²) in [6.07, 6.45) is 0. The van der Waals surface area contributed by atoms with Crippen LogP contribution in [0.25, 0.3) is 0 Å². The zero-order chi connectivity index (χ0) is 12.8. The molecule has 0 aliphatic rings. The summed E-state index contributed by atoms with van der Waals surface area (Å²) in [5, 5.41) is 11.8. The predicted octanol–water partition coefficient (Wildman–Crippen LogP) is 2.01. The number of methoxy groups -OCH3 is 2. The number of nitrogens with zero attached hydrogens (tertiary/aromatic N) is 1. The average Bonchev–Trinajstić information content (AvgIpc) is 2.35. The van der Waals surface area contributed by atoms with Gasteiger partial charge in [0.2, 0.25) is 0 Å². The monoisotopic (exact) mass is 234 g/mol. The van der Waals surface area contributed by atoms with Crippen LogP contribution < -0.4 is 14.8 Å². The summed E-state index contributed by atoms with van der Waals surface area (Å²) in [4.78, 5) is 0. The summed E-state index contributed by atoms with van der Waals surface area (Å²) < 4.78 is 10.5. The first-order valence-electron chi connectivity index (χ1n) is 5.46. The van der Waals surface area contributed by atoms with E-state index in [1.807, 2.05) is 26.0 Å². The van der Waals surface area contributed by atoms with E-state index >= 15 is 0 Å². The second-order valence-electron chi connectivity index (χ2n) is 3.86. The Hall–Kier alpha value is -1.73. The second-order valence-corrected chi connectivity index (χ2v) is 3.86. The molecule has 1 aromatic rings. The number of aryl methyl sites for hydroxylation is 1. The van der Waals surface area contributed by atoms with E-state index in [2.05, 4.69) is 11.4 Å². The lowest BCUT2D eigenvalue weighted by Gasteiger charge is -2.15. The first kappa shape index (κ1) is 13.3. The van der Waals surface area contributed by atoms with E-state index in [0.717, 1.165) is 22.6 Å². The van der Waals surface area contributed by atoms with Crippen LogP contribution in [0, 0.1) is 18.3 Å². The Labute approximate surface area is 102 Å². The zero-order valence-corrected chi connectivity index (χ0v) is 10.7. The minimum absolute atomic E-state index is 0.179. The molecule has 1 rings (SSSR count). The third kappa shape index (κ3) is 3.36. The van der Waals surface area contributed by atoms with Crippen LogP contribution in [0.1, 0.15) is 18.1 Å². The Morgan fingerprint density at radius 3 is 2.59 bits per heavy atom. The van der Waals surface area contributed by atoms with Crippen LogP contribution in [-0.4, -0.2) is 20.3 Å².